The van der Waals surface area contributed by atoms with Crippen molar-refractivity contribution >= 4 is 35.0 Å². The summed E-state index contributed by atoms with van der Waals surface area (Å²) in [6.07, 6.45) is 0. The summed E-state index contributed by atoms with van der Waals surface area (Å²) in [6, 6.07) is 5.40. The van der Waals surface area contributed by atoms with Gasteiger partial charge in [0.15, 0.2) is 11.0 Å². The Hall–Kier alpha value is -0.750. The van der Waals surface area contributed by atoms with Gasteiger partial charge >= 0.3 is 0 Å². The molecular formula is C12H13Cl2N3OS. The molecule has 1 aromatic heterocycles. The van der Waals surface area contributed by atoms with Crippen LogP contribution in [0.5, 0.6) is 0 Å². The fourth-order valence-electron chi connectivity index (χ4n) is 1.63. The quantitative estimate of drug-likeness (QED) is 0.877. The topological polar surface area (TPSA) is 50.9 Å². The molecule has 0 fully saturated rings. The minimum Gasteiger partial charge on any atom is -0.388 e. The lowest BCUT2D eigenvalue weighted by atomic mass is 10.2. The molecule has 0 spiro atoms. The van der Waals surface area contributed by atoms with Gasteiger partial charge in [0.2, 0.25) is 0 Å². The monoisotopic (exact) mass is 317 g/mol. The zero-order valence-electron chi connectivity index (χ0n) is 10.5. The molecule has 2 rings (SSSR count). The number of aliphatic hydroxyl groups is 1. The van der Waals surface area contributed by atoms with Crippen LogP contribution >= 0.6 is 35.0 Å². The second-order valence-electron chi connectivity index (χ2n) is 4.04. The second kappa shape index (κ2) is 6.13. The number of hydrogen-bond donors (Lipinski definition) is 1. The number of nitrogens with zero attached hydrogens (tertiary/aromatic N) is 3. The standard InChI is InChI=1S/C12H13Cl2N3OS/c1-7(9-5-8(13)3-4-10(9)14)19-12-16-15-11(6-18)17(12)2/h3-5,7,18H,6H2,1-2H3. The van der Waals surface area contributed by atoms with Crippen LogP contribution in [0.1, 0.15) is 23.6 Å². The Balaban J connectivity index is 2.22. The van der Waals surface area contributed by atoms with Gasteiger partial charge < -0.3 is 9.67 Å². The summed E-state index contributed by atoms with van der Waals surface area (Å²) in [5.74, 6) is 0.534. The van der Waals surface area contributed by atoms with E-state index < -0.39 is 0 Å². The molecule has 2 aromatic rings. The number of aliphatic hydroxyl groups excluding tert-OH is 1. The molecule has 1 heterocycles. The second-order valence-corrected chi connectivity index (χ2v) is 6.19. The Labute approximate surface area is 125 Å². The highest BCUT2D eigenvalue weighted by Crippen LogP contribution is 2.38. The number of halogens is 2. The zero-order chi connectivity index (χ0) is 14.0. The van der Waals surface area contributed by atoms with E-state index in [0.717, 1.165) is 10.7 Å². The van der Waals surface area contributed by atoms with Crippen molar-refractivity contribution in [2.45, 2.75) is 23.9 Å². The first-order valence-corrected chi connectivity index (χ1v) is 7.27. The molecule has 0 saturated heterocycles. The van der Waals surface area contributed by atoms with Crippen molar-refractivity contribution in [3.8, 4) is 0 Å². The van der Waals surface area contributed by atoms with Crippen molar-refractivity contribution in [3.05, 3.63) is 39.6 Å². The van der Waals surface area contributed by atoms with E-state index in [1.54, 1.807) is 16.7 Å². The first-order valence-electron chi connectivity index (χ1n) is 5.63. The highest BCUT2D eigenvalue weighted by molar-refractivity contribution is 7.99. The third-order valence-electron chi connectivity index (χ3n) is 2.74. The molecule has 0 aliphatic carbocycles. The molecule has 102 valence electrons. The molecule has 7 heteroatoms. The zero-order valence-corrected chi connectivity index (χ0v) is 12.8. The van der Waals surface area contributed by atoms with E-state index in [1.807, 2.05) is 20.0 Å². The maximum Gasteiger partial charge on any atom is 0.191 e. The number of aromatic nitrogens is 3. The molecule has 0 radical (unpaired) electrons. The minimum absolute atomic E-state index is 0.0839. The van der Waals surface area contributed by atoms with Crippen LogP contribution in [0.2, 0.25) is 10.0 Å². The fourth-order valence-corrected chi connectivity index (χ4v) is 3.15. The van der Waals surface area contributed by atoms with Crippen LogP contribution in [0.3, 0.4) is 0 Å². The highest BCUT2D eigenvalue weighted by Gasteiger charge is 2.16. The van der Waals surface area contributed by atoms with Crippen molar-refractivity contribution < 1.29 is 5.11 Å². The third kappa shape index (κ3) is 3.23. The van der Waals surface area contributed by atoms with E-state index in [9.17, 15) is 0 Å². The molecule has 19 heavy (non-hydrogen) atoms. The van der Waals surface area contributed by atoms with Crippen molar-refractivity contribution in [1.29, 1.82) is 0 Å². The maximum atomic E-state index is 9.09. The average Bonchev–Trinajstić information content (AvgIpc) is 2.73. The molecule has 1 unspecified atom stereocenters. The highest BCUT2D eigenvalue weighted by atomic mass is 35.5. The minimum atomic E-state index is -0.129. The molecule has 0 bridgehead atoms. The lowest BCUT2D eigenvalue weighted by molar-refractivity contribution is 0.266. The first kappa shape index (κ1) is 14.7. The van der Waals surface area contributed by atoms with Crippen LogP contribution in [0.15, 0.2) is 23.4 Å². The van der Waals surface area contributed by atoms with Gasteiger partial charge in [-0.15, -0.1) is 10.2 Å². The maximum absolute atomic E-state index is 9.09. The van der Waals surface area contributed by atoms with Crippen molar-refractivity contribution in [3.63, 3.8) is 0 Å². The Morgan fingerprint density at radius 3 is 2.74 bits per heavy atom. The Morgan fingerprint density at radius 2 is 2.11 bits per heavy atom. The SMILES string of the molecule is CC(Sc1nnc(CO)n1C)c1cc(Cl)ccc1Cl. The van der Waals surface area contributed by atoms with Gasteiger partial charge in [-0.3, -0.25) is 0 Å². The van der Waals surface area contributed by atoms with Gasteiger partial charge in [-0.2, -0.15) is 0 Å². The van der Waals surface area contributed by atoms with Gasteiger partial charge in [0, 0.05) is 22.3 Å². The van der Waals surface area contributed by atoms with Gasteiger partial charge in [-0.05, 0) is 30.7 Å². The molecule has 0 aliphatic rings. The Kier molecular flexibility index (Phi) is 4.73. The van der Waals surface area contributed by atoms with E-state index in [2.05, 4.69) is 10.2 Å². The summed E-state index contributed by atoms with van der Waals surface area (Å²) >= 11 is 13.7. The Bertz CT molecular complexity index is 588. The number of rotatable bonds is 4. The summed E-state index contributed by atoms with van der Waals surface area (Å²) in [7, 11) is 1.82. The number of hydrogen-bond acceptors (Lipinski definition) is 4. The summed E-state index contributed by atoms with van der Waals surface area (Å²) < 4.78 is 1.76. The summed E-state index contributed by atoms with van der Waals surface area (Å²) in [4.78, 5) is 0. The lowest BCUT2D eigenvalue weighted by Crippen LogP contribution is -1.99. The first-order chi connectivity index (χ1) is 9.02. The molecule has 1 N–H and O–H groups in total. The molecule has 0 amide bonds. The molecule has 1 atom stereocenters. The van der Waals surface area contributed by atoms with Gasteiger partial charge in [0.05, 0.1) is 0 Å². The van der Waals surface area contributed by atoms with E-state index in [0.29, 0.717) is 15.9 Å². The van der Waals surface area contributed by atoms with Crippen molar-refractivity contribution in [2.24, 2.45) is 7.05 Å². The van der Waals surface area contributed by atoms with E-state index in [4.69, 9.17) is 28.3 Å². The van der Waals surface area contributed by atoms with Gasteiger partial charge in [-0.1, -0.05) is 35.0 Å². The van der Waals surface area contributed by atoms with Crippen molar-refractivity contribution in [2.75, 3.05) is 0 Å². The van der Waals surface area contributed by atoms with Crippen LogP contribution < -0.4 is 0 Å². The van der Waals surface area contributed by atoms with Crippen LogP contribution in [0.4, 0.5) is 0 Å². The van der Waals surface area contributed by atoms with Crippen molar-refractivity contribution in [1.82, 2.24) is 14.8 Å². The smallest absolute Gasteiger partial charge is 0.191 e. The van der Waals surface area contributed by atoms with Crippen LogP contribution in [-0.2, 0) is 13.7 Å². The molecular weight excluding hydrogens is 305 g/mol. The molecule has 0 saturated carbocycles. The van der Waals surface area contributed by atoms with Crippen LogP contribution in [0.25, 0.3) is 0 Å². The van der Waals surface area contributed by atoms with Gasteiger partial charge in [0.1, 0.15) is 6.61 Å². The summed E-state index contributed by atoms with van der Waals surface area (Å²) in [5, 5.41) is 19.2. The normalized spacial score (nSPS) is 12.7. The molecule has 0 aliphatic heterocycles. The largest absolute Gasteiger partial charge is 0.388 e. The predicted molar refractivity (Wildman–Crippen MR) is 77.7 cm³/mol. The van der Waals surface area contributed by atoms with Crippen LogP contribution in [0, 0.1) is 0 Å². The molecule has 4 nitrogen and oxygen atoms in total. The van der Waals surface area contributed by atoms with E-state index >= 15 is 0 Å². The predicted octanol–water partition coefficient (Wildman–Crippen LogP) is 3.47. The lowest BCUT2D eigenvalue weighted by Gasteiger charge is -2.13. The Morgan fingerprint density at radius 1 is 1.37 bits per heavy atom. The van der Waals surface area contributed by atoms with Gasteiger partial charge in [0.25, 0.3) is 0 Å². The molecule has 1 aromatic carbocycles. The third-order valence-corrected chi connectivity index (χ3v) is 4.50. The summed E-state index contributed by atoms with van der Waals surface area (Å²) in [6.45, 7) is 1.89. The van der Waals surface area contributed by atoms with E-state index in [1.165, 1.54) is 11.8 Å². The summed E-state index contributed by atoms with van der Waals surface area (Å²) in [5.41, 5.74) is 0.952. The van der Waals surface area contributed by atoms with E-state index in [-0.39, 0.29) is 11.9 Å². The number of benzene rings is 1. The number of thioether (sulfide) groups is 1. The van der Waals surface area contributed by atoms with Gasteiger partial charge in [-0.25, -0.2) is 0 Å². The fraction of sp³-hybridized carbons (Fsp3) is 0.333. The average molecular weight is 318 g/mol. The van der Waals surface area contributed by atoms with Crippen LogP contribution in [-0.4, -0.2) is 19.9 Å².